The molecule has 0 amide bonds. The molecule has 0 aromatic heterocycles. The zero-order chi connectivity index (χ0) is 18.9. The van der Waals surface area contributed by atoms with Crippen molar-refractivity contribution in [3.8, 4) is 0 Å². The SMILES string of the molecule is CN=C(NCCc1ccc(C(F)(F)F)cc1)NC1C2CCOC2C1(C)C. The second-order valence-corrected chi connectivity index (χ2v) is 7.63. The fraction of sp³-hybridized carbons (Fsp3) is 0.632. The predicted octanol–water partition coefficient (Wildman–Crippen LogP) is 3.23. The lowest BCUT2D eigenvalue weighted by Crippen LogP contribution is -2.68. The highest BCUT2D eigenvalue weighted by Gasteiger charge is 2.59. The quantitative estimate of drug-likeness (QED) is 0.633. The van der Waals surface area contributed by atoms with Crippen LogP contribution in [0, 0.1) is 11.3 Å². The number of aliphatic imine (C=N–C) groups is 1. The molecule has 1 aliphatic carbocycles. The molecule has 0 radical (unpaired) electrons. The molecule has 1 saturated heterocycles. The monoisotopic (exact) mass is 369 g/mol. The summed E-state index contributed by atoms with van der Waals surface area (Å²) in [5, 5.41) is 6.75. The number of rotatable bonds is 4. The summed E-state index contributed by atoms with van der Waals surface area (Å²) in [6.45, 7) is 5.82. The average Bonchev–Trinajstić information content (AvgIpc) is 3.04. The van der Waals surface area contributed by atoms with Crippen LogP contribution in [-0.2, 0) is 17.3 Å². The van der Waals surface area contributed by atoms with Gasteiger partial charge >= 0.3 is 6.18 Å². The van der Waals surface area contributed by atoms with E-state index >= 15 is 0 Å². The number of hydrogen-bond donors (Lipinski definition) is 2. The van der Waals surface area contributed by atoms with Crippen LogP contribution in [0.2, 0.25) is 0 Å². The Labute approximate surface area is 152 Å². The van der Waals surface area contributed by atoms with E-state index in [1.54, 1.807) is 7.05 Å². The summed E-state index contributed by atoms with van der Waals surface area (Å²) in [6.07, 6.45) is -2.29. The van der Waals surface area contributed by atoms with Crippen molar-refractivity contribution in [1.29, 1.82) is 0 Å². The Morgan fingerprint density at radius 2 is 1.96 bits per heavy atom. The molecule has 144 valence electrons. The van der Waals surface area contributed by atoms with Crippen molar-refractivity contribution in [2.75, 3.05) is 20.2 Å². The third-order valence-electron chi connectivity index (χ3n) is 5.60. The first-order chi connectivity index (χ1) is 12.2. The molecule has 1 aromatic carbocycles. The van der Waals surface area contributed by atoms with E-state index in [4.69, 9.17) is 4.74 Å². The Hall–Kier alpha value is -1.76. The van der Waals surface area contributed by atoms with Crippen molar-refractivity contribution < 1.29 is 17.9 Å². The number of guanidine groups is 1. The molecule has 1 aromatic rings. The van der Waals surface area contributed by atoms with Crippen LogP contribution < -0.4 is 10.6 Å². The number of nitrogens with zero attached hydrogens (tertiary/aromatic N) is 1. The molecular formula is C19H26F3N3O. The number of nitrogens with one attached hydrogen (secondary N) is 2. The van der Waals surface area contributed by atoms with Gasteiger partial charge < -0.3 is 15.4 Å². The maximum absolute atomic E-state index is 12.6. The zero-order valence-electron chi connectivity index (χ0n) is 15.4. The van der Waals surface area contributed by atoms with Gasteiger partial charge in [0.1, 0.15) is 0 Å². The van der Waals surface area contributed by atoms with E-state index in [1.165, 1.54) is 12.1 Å². The molecular weight excluding hydrogens is 343 g/mol. The molecule has 0 spiro atoms. The van der Waals surface area contributed by atoms with Gasteiger partial charge in [0.25, 0.3) is 0 Å². The van der Waals surface area contributed by atoms with Gasteiger partial charge in [-0.3, -0.25) is 4.99 Å². The minimum Gasteiger partial charge on any atom is -0.377 e. The van der Waals surface area contributed by atoms with E-state index in [2.05, 4.69) is 29.5 Å². The van der Waals surface area contributed by atoms with E-state index in [0.29, 0.717) is 31.0 Å². The van der Waals surface area contributed by atoms with Crippen molar-refractivity contribution in [2.24, 2.45) is 16.3 Å². The highest BCUT2D eigenvalue weighted by molar-refractivity contribution is 5.80. The van der Waals surface area contributed by atoms with Crippen LogP contribution in [0.3, 0.4) is 0 Å². The van der Waals surface area contributed by atoms with E-state index < -0.39 is 11.7 Å². The number of alkyl halides is 3. The van der Waals surface area contributed by atoms with Gasteiger partial charge in [0.2, 0.25) is 0 Å². The summed E-state index contributed by atoms with van der Waals surface area (Å²) in [5.74, 6) is 1.23. The Morgan fingerprint density at radius 3 is 2.58 bits per heavy atom. The molecule has 2 N–H and O–H groups in total. The van der Waals surface area contributed by atoms with Gasteiger partial charge in [-0.1, -0.05) is 26.0 Å². The van der Waals surface area contributed by atoms with Gasteiger partial charge in [-0.15, -0.1) is 0 Å². The largest absolute Gasteiger partial charge is 0.416 e. The van der Waals surface area contributed by atoms with Gasteiger partial charge in [0.05, 0.1) is 11.7 Å². The standard InChI is InChI=1S/C19H26F3N3O/c1-18(2)15(14-9-11-26-16(14)18)25-17(23-3)24-10-8-12-4-6-13(7-5-12)19(20,21)22/h4-7,14-16H,8-11H2,1-3H3,(H2,23,24,25). The summed E-state index contributed by atoms with van der Waals surface area (Å²) in [5.41, 5.74) is 0.299. The summed E-state index contributed by atoms with van der Waals surface area (Å²) in [7, 11) is 1.72. The molecule has 4 nitrogen and oxygen atoms in total. The highest BCUT2D eigenvalue weighted by atomic mass is 19.4. The van der Waals surface area contributed by atoms with E-state index in [1.807, 2.05) is 0 Å². The van der Waals surface area contributed by atoms with Crippen LogP contribution >= 0.6 is 0 Å². The highest BCUT2D eigenvalue weighted by Crippen LogP contribution is 2.52. The fourth-order valence-electron chi connectivity index (χ4n) is 4.14. The van der Waals surface area contributed by atoms with E-state index in [-0.39, 0.29) is 5.41 Å². The maximum atomic E-state index is 12.6. The Balaban J connectivity index is 1.49. The second-order valence-electron chi connectivity index (χ2n) is 7.63. The normalized spacial score (nSPS) is 27.6. The summed E-state index contributed by atoms with van der Waals surface area (Å²) in [6, 6.07) is 5.61. The lowest BCUT2D eigenvalue weighted by Gasteiger charge is -2.54. The molecule has 1 heterocycles. The van der Waals surface area contributed by atoms with Crippen molar-refractivity contribution >= 4 is 5.96 Å². The smallest absolute Gasteiger partial charge is 0.377 e. The number of ether oxygens (including phenoxy) is 1. The van der Waals surface area contributed by atoms with Crippen LogP contribution in [0.4, 0.5) is 13.2 Å². The summed E-state index contributed by atoms with van der Waals surface area (Å²) >= 11 is 0. The predicted molar refractivity (Wildman–Crippen MR) is 95.1 cm³/mol. The number of benzene rings is 1. The van der Waals surface area contributed by atoms with Crippen molar-refractivity contribution in [2.45, 2.75) is 45.0 Å². The van der Waals surface area contributed by atoms with Crippen LogP contribution in [0.1, 0.15) is 31.4 Å². The average molecular weight is 369 g/mol. The van der Waals surface area contributed by atoms with Crippen molar-refractivity contribution in [3.05, 3.63) is 35.4 Å². The number of halogens is 3. The van der Waals surface area contributed by atoms with E-state index in [9.17, 15) is 13.2 Å². The fourth-order valence-corrected chi connectivity index (χ4v) is 4.14. The summed E-state index contributed by atoms with van der Waals surface area (Å²) < 4.78 is 43.6. The first-order valence-corrected chi connectivity index (χ1v) is 8.98. The molecule has 2 fully saturated rings. The minimum absolute atomic E-state index is 0.0617. The molecule has 3 atom stereocenters. The number of fused-ring (bicyclic) bond motifs is 1. The van der Waals surface area contributed by atoms with Gasteiger partial charge in [-0.25, -0.2) is 0 Å². The molecule has 1 aliphatic heterocycles. The third kappa shape index (κ3) is 3.68. The first-order valence-electron chi connectivity index (χ1n) is 8.98. The third-order valence-corrected chi connectivity index (χ3v) is 5.60. The molecule has 7 heteroatoms. The van der Waals surface area contributed by atoms with Crippen LogP contribution in [0.25, 0.3) is 0 Å². The van der Waals surface area contributed by atoms with Crippen molar-refractivity contribution in [3.63, 3.8) is 0 Å². The number of hydrogen-bond acceptors (Lipinski definition) is 2. The second kappa shape index (κ2) is 7.10. The van der Waals surface area contributed by atoms with Crippen LogP contribution in [0.5, 0.6) is 0 Å². The summed E-state index contributed by atoms with van der Waals surface area (Å²) in [4.78, 5) is 4.27. The topological polar surface area (TPSA) is 45.7 Å². The van der Waals surface area contributed by atoms with Crippen LogP contribution in [-0.4, -0.2) is 38.3 Å². The lowest BCUT2D eigenvalue weighted by molar-refractivity contribution is -0.137. The Kier molecular flexibility index (Phi) is 5.19. The van der Waals surface area contributed by atoms with Gasteiger partial charge in [0, 0.05) is 37.6 Å². The van der Waals surface area contributed by atoms with Crippen LogP contribution in [0.15, 0.2) is 29.3 Å². The maximum Gasteiger partial charge on any atom is 0.416 e. The first kappa shape index (κ1) is 19.0. The van der Waals surface area contributed by atoms with Gasteiger partial charge in [0.15, 0.2) is 5.96 Å². The molecule has 2 aliphatic rings. The molecule has 3 unspecified atom stereocenters. The van der Waals surface area contributed by atoms with E-state index in [0.717, 1.165) is 36.7 Å². The Bertz CT molecular complexity index is 655. The Morgan fingerprint density at radius 1 is 1.27 bits per heavy atom. The molecule has 26 heavy (non-hydrogen) atoms. The van der Waals surface area contributed by atoms with Crippen molar-refractivity contribution in [1.82, 2.24) is 10.6 Å². The molecule has 1 saturated carbocycles. The molecule has 3 rings (SSSR count). The van der Waals surface area contributed by atoms with Gasteiger partial charge in [-0.05, 0) is 30.5 Å². The van der Waals surface area contributed by atoms with Gasteiger partial charge in [-0.2, -0.15) is 13.2 Å². The minimum atomic E-state index is -4.29. The molecule has 0 bridgehead atoms. The zero-order valence-corrected chi connectivity index (χ0v) is 15.4. The lowest BCUT2D eigenvalue weighted by atomic mass is 9.57.